The number of fused-ring (bicyclic) bond motifs is 1. The van der Waals surface area contributed by atoms with Gasteiger partial charge in [-0.15, -0.1) is 5.10 Å². The minimum atomic E-state index is -0.648. The van der Waals surface area contributed by atoms with Crippen LogP contribution in [0.25, 0.3) is 10.9 Å². The van der Waals surface area contributed by atoms with Gasteiger partial charge in [0.25, 0.3) is 5.56 Å². The lowest BCUT2D eigenvalue weighted by molar-refractivity contribution is 0.0432. The third-order valence-corrected chi connectivity index (χ3v) is 2.97. The number of aliphatic hydroxyl groups excluding tert-OH is 1. The molecule has 0 saturated carbocycles. The zero-order chi connectivity index (χ0) is 13.3. The molecule has 1 atom stereocenters. The van der Waals surface area contributed by atoms with Crippen molar-refractivity contribution in [1.82, 2.24) is 15.0 Å². The molecule has 0 spiro atoms. The van der Waals surface area contributed by atoms with Crippen molar-refractivity contribution in [3.05, 3.63) is 34.6 Å². The van der Waals surface area contributed by atoms with Crippen LogP contribution >= 0.6 is 0 Å². The molecule has 2 aromatic rings. The summed E-state index contributed by atoms with van der Waals surface area (Å²) in [6, 6.07) is 7.06. The van der Waals surface area contributed by atoms with E-state index in [4.69, 9.17) is 0 Å². The SMILES string of the molecule is CC(C)(C)C(O)Cn1nnc2ccccc2c1=O. The Hall–Kier alpha value is -1.75. The van der Waals surface area contributed by atoms with Gasteiger partial charge in [-0.1, -0.05) is 38.1 Å². The van der Waals surface area contributed by atoms with Crippen LogP contribution in [0.4, 0.5) is 0 Å². The Labute approximate surface area is 105 Å². The van der Waals surface area contributed by atoms with Crippen molar-refractivity contribution in [3.8, 4) is 0 Å². The first-order valence-electron chi connectivity index (χ1n) is 5.90. The lowest BCUT2D eigenvalue weighted by Gasteiger charge is -2.25. The molecule has 1 N–H and O–H groups in total. The fraction of sp³-hybridized carbons (Fsp3) is 0.462. The van der Waals surface area contributed by atoms with E-state index in [1.165, 1.54) is 4.68 Å². The smallest absolute Gasteiger partial charge is 0.277 e. The molecule has 1 aromatic carbocycles. The van der Waals surface area contributed by atoms with Gasteiger partial charge in [-0.3, -0.25) is 4.79 Å². The van der Waals surface area contributed by atoms with Crippen molar-refractivity contribution < 1.29 is 5.11 Å². The van der Waals surface area contributed by atoms with E-state index in [0.717, 1.165) is 0 Å². The van der Waals surface area contributed by atoms with Crippen LogP contribution < -0.4 is 5.56 Å². The molecule has 0 fully saturated rings. The third kappa shape index (κ3) is 2.41. The molecule has 1 heterocycles. The Morgan fingerprint density at radius 3 is 2.67 bits per heavy atom. The van der Waals surface area contributed by atoms with Crippen molar-refractivity contribution in [2.24, 2.45) is 5.41 Å². The van der Waals surface area contributed by atoms with Crippen molar-refractivity contribution in [2.45, 2.75) is 33.4 Å². The summed E-state index contributed by atoms with van der Waals surface area (Å²) in [5.41, 5.74) is 0.0557. The largest absolute Gasteiger partial charge is 0.391 e. The van der Waals surface area contributed by atoms with Crippen molar-refractivity contribution in [3.63, 3.8) is 0 Å². The highest BCUT2D eigenvalue weighted by Gasteiger charge is 2.23. The molecule has 2 rings (SSSR count). The zero-order valence-electron chi connectivity index (χ0n) is 10.8. The Balaban J connectivity index is 2.41. The summed E-state index contributed by atoms with van der Waals surface area (Å²) >= 11 is 0. The summed E-state index contributed by atoms with van der Waals surface area (Å²) in [6.45, 7) is 5.89. The Morgan fingerprint density at radius 1 is 1.33 bits per heavy atom. The summed E-state index contributed by atoms with van der Waals surface area (Å²) in [4.78, 5) is 12.1. The van der Waals surface area contributed by atoms with Crippen molar-refractivity contribution in [1.29, 1.82) is 0 Å². The standard InChI is InChI=1S/C13H17N3O2/c1-13(2,3)11(17)8-16-12(18)9-6-4-5-7-10(9)14-15-16/h4-7,11,17H,8H2,1-3H3. The number of aliphatic hydroxyl groups is 1. The second-order valence-corrected chi connectivity index (χ2v) is 5.48. The molecule has 0 radical (unpaired) electrons. The average molecular weight is 247 g/mol. The molecule has 0 bridgehead atoms. The first-order valence-corrected chi connectivity index (χ1v) is 5.90. The quantitative estimate of drug-likeness (QED) is 0.865. The first kappa shape index (κ1) is 12.7. The van der Waals surface area contributed by atoms with Crippen molar-refractivity contribution in [2.75, 3.05) is 0 Å². The summed E-state index contributed by atoms with van der Waals surface area (Å²) in [5, 5.41) is 18.4. The predicted molar refractivity (Wildman–Crippen MR) is 69.3 cm³/mol. The first-order chi connectivity index (χ1) is 8.39. The van der Waals surface area contributed by atoms with Crippen LogP contribution in [-0.4, -0.2) is 26.2 Å². The van der Waals surface area contributed by atoms with Gasteiger partial charge in [0.15, 0.2) is 0 Å². The molecule has 0 saturated heterocycles. The molecule has 1 aromatic heterocycles. The normalized spacial score (nSPS) is 13.8. The minimum absolute atomic E-state index is 0.153. The minimum Gasteiger partial charge on any atom is -0.391 e. The van der Waals surface area contributed by atoms with Gasteiger partial charge in [-0.2, -0.15) is 0 Å². The molecule has 5 nitrogen and oxygen atoms in total. The number of hydrogen-bond donors (Lipinski definition) is 1. The van der Waals surface area contributed by atoms with Crippen LogP contribution in [-0.2, 0) is 6.54 Å². The number of benzene rings is 1. The summed E-state index contributed by atoms with van der Waals surface area (Å²) in [7, 11) is 0. The monoisotopic (exact) mass is 247 g/mol. The molecule has 0 amide bonds. The maximum Gasteiger partial charge on any atom is 0.277 e. The topological polar surface area (TPSA) is 68.0 Å². The number of hydrogen-bond acceptors (Lipinski definition) is 4. The van der Waals surface area contributed by atoms with Crippen LogP contribution in [0.5, 0.6) is 0 Å². The summed E-state index contributed by atoms with van der Waals surface area (Å²) in [5.74, 6) is 0. The molecule has 1 unspecified atom stereocenters. The van der Waals surface area contributed by atoms with Crippen LogP contribution in [0.15, 0.2) is 29.1 Å². The zero-order valence-corrected chi connectivity index (χ0v) is 10.8. The van der Waals surface area contributed by atoms with Gasteiger partial charge < -0.3 is 5.11 Å². The van der Waals surface area contributed by atoms with E-state index in [0.29, 0.717) is 10.9 Å². The van der Waals surface area contributed by atoms with E-state index >= 15 is 0 Å². The average Bonchev–Trinajstić information content (AvgIpc) is 2.32. The molecular formula is C13H17N3O2. The molecule has 0 aliphatic heterocycles. The van der Waals surface area contributed by atoms with E-state index in [1.807, 2.05) is 26.8 Å². The highest BCUT2D eigenvalue weighted by atomic mass is 16.3. The summed E-state index contributed by atoms with van der Waals surface area (Å²) < 4.78 is 1.22. The third-order valence-electron chi connectivity index (χ3n) is 2.97. The molecule has 5 heteroatoms. The Bertz CT molecular complexity index is 613. The van der Waals surface area contributed by atoms with Crippen LogP contribution in [0.2, 0.25) is 0 Å². The lowest BCUT2D eigenvalue weighted by Crippen LogP contribution is -2.36. The summed E-state index contributed by atoms with van der Waals surface area (Å²) in [6.07, 6.45) is -0.648. The van der Waals surface area contributed by atoms with E-state index < -0.39 is 6.10 Å². The fourth-order valence-corrected chi connectivity index (χ4v) is 1.58. The van der Waals surface area contributed by atoms with Gasteiger partial charge in [0, 0.05) is 0 Å². The molecule has 0 aliphatic carbocycles. The van der Waals surface area contributed by atoms with Gasteiger partial charge in [0.2, 0.25) is 0 Å². The number of rotatable bonds is 2. The predicted octanol–water partition coefficient (Wildman–Crippen LogP) is 1.20. The van der Waals surface area contributed by atoms with E-state index in [1.54, 1.807) is 18.2 Å². The maximum atomic E-state index is 12.1. The Morgan fingerprint density at radius 2 is 2.00 bits per heavy atom. The van der Waals surface area contributed by atoms with E-state index in [9.17, 15) is 9.90 Å². The second-order valence-electron chi connectivity index (χ2n) is 5.48. The molecular weight excluding hydrogens is 230 g/mol. The maximum absolute atomic E-state index is 12.1. The Kier molecular flexibility index (Phi) is 3.17. The highest BCUT2D eigenvalue weighted by Crippen LogP contribution is 2.19. The molecule has 18 heavy (non-hydrogen) atoms. The van der Waals surface area contributed by atoms with Gasteiger partial charge in [0.1, 0.15) is 5.52 Å². The molecule has 96 valence electrons. The van der Waals surface area contributed by atoms with Gasteiger partial charge >= 0.3 is 0 Å². The van der Waals surface area contributed by atoms with Gasteiger partial charge in [-0.25, -0.2) is 4.68 Å². The number of aromatic nitrogens is 3. The second kappa shape index (κ2) is 4.49. The van der Waals surface area contributed by atoms with Crippen LogP contribution in [0.3, 0.4) is 0 Å². The lowest BCUT2D eigenvalue weighted by atomic mass is 9.89. The van der Waals surface area contributed by atoms with Crippen molar-refractivity contribution >= 4 is 10.9 Å². The highest BCUT2D eigenvalue weighted by molar-refractivity contribution is 5.76. The van der Waals surface area contributed by atoms with Gasteiger partial charge in [0.05, 0.1) is 18.0 Å². The van der Waals surface area contributed by atoms with E-state index in [2.05, 4.69) is 10.3 Å². The van der Waals surface area contributed by atoms with Gasteiger partial charge in [-0.05, 0) is 17.5 Å². The van der Waals surface area contributed by atoms with E-state index in [-0.39, 0.29) is 17.5 Å². The van der Waals surface area contributed by atoms with Crippen LogP contribution in [0.1, 0.15) is 20.8 Å². The fourth-order valence-electron chi connectivity index (χ4n) is 1.58. The number of nitrogens with zero attached hydrogens (tertiary/aromatic N) is 3. The van der Waals surface area contributed by atoms with Crippen LogP contribution in [0, 0.1) is 5.41 Å². The molecule has 0 aliphatic rings.